The third-order valence-corrected chi connectivity index (χ3v) is 3.18. The number of β-amino-alcohol motifs (C(OH)–C–C–N with tert-alkyl or cyclic N) is 1. The molecule has 4 N–H and O–H groups in total. The van der Waals surface area contributed by atoms with Gasteiger partial charge in [0.1, 0.15) is 11.5 Å². The molecule has 0 saturated carbocycles. The molecule has 160 valence electrons. The summed E-state index contributed by atoms with van der Waals surface area (Å²) in [5, 5.41) is 25.1. The Kier molecular flexibility index (Phi) is 18.9. The molecule has 3 rings (SSSR count). The lowest BCUT2D eigenvalue weighted by Gasteiger charge is -1.97. The SMILES string of the molecule is CC.CNc1cc(C)on1.COc1ccc(C)cc1.O=CO.OC1CCNC1. The minimum atomic E-state index is -0.250. The number of hydrogen-bond acceptors (Lipinski definition) is 7. The molecule has 1 aliphatic rings. The summed E-state index contributed by atoms with van der Waals surface area (Å²) in [6.45, 7) is 9.44. The third kappa shape index (κ3) is 15.7. The Morgan fingerprint density at radius 2 is 1.86 bits per heavy atom. The van der Waals surface area contributed by atoms with Crippen molar-refractivity contribution >= 4 is 12.3 Å². The number of aliphatic hydroxyl groups is 1. The average molecular weight is 398 g/mol. The van der Waals surface area contributed by atoms with Crippen LogP contribution < -0.4 is 15.4 Å². The Morgan fingerprint density at radius 1 is 1.29 bits per heavy atom. The average Bonchev–Trinajstić information content (AvgIpc) is 3.36. The molecule has 0 radical (unpaired) electrons. The first-order valence-electron chi connectivity index (χ1n) is 9.15. The number of aryl methyl sites for hydroxylation is 2. The number of benzene rings is 1. The topological polar surface area (TPSA) is 117 Å². The van der Waals surface area contributed by atoms with Gasteiger partial charge in [-0.1, -0.05) is 36.7 Å². The van der Waals surface area contributed by atoms with E-state index in [4.69, 9.17) is 24.3 Å². The van der Waals surface area contributed by atoms with Gasteiger partial charge in [0, 0.05) is 19.7 Å². The second kappa shape index (κ2) is 19.2. The summed E-state index contributed by atoms with van der Waals surface area (Å²) in [6.07, 6.45) is 0.866. The largest absolute Gasteiger partial charge is 0.497 e. The number of anilines is 1. The molecule has 8 heteroatoms. The Morgan fingerprint density at radius 3 is 2.11 bits per heavy atom. The number of hydrogen-bond donors (Lipinski definition) is 4. The first-order valence-corrected chi connectivity index (χ1v) is 9.15. The number of nitrogens with one attached hydrogen (secondary N) is 2. The molecule has 1 aliphatic heterocycles. The summed E-state index contributed by atoms with van der Waals surface area (Å²) in [5.41, 5.74) is 1.26. The molecule has 8 nitrogen and oxygen atoms in total. The monoisotopic (exact) mass is 397 g/mol. The highest BCUT2D eigenvalue weighted by Crippen LogP contribution is 2.09. The Labute approximate surface area is 167 Å². The maximum absolute atomic E-state index is 8.67. The zero-order chi connectivity index (χ0) is 21.8. The Balaban J connectivity index is 0. The quantitative estimate of drug-likeness (QED) is 0.571. The zero-order valence-corrected chi connectivity index (χ0v) is 17.7. The van der Waals surface area contributed by atoms with Gasteiger partial charge >= 0.3 is 0 Å². The predicted molar refractivity (Wildman–Crippen MR) is 112 cm³/mol. The van der Waals surface area contributed by atoms with Crippen molar-refractivity contribution in [1.82, 2.24) is 10.5 Å². The van der Waals surface area contributed by atoms with Crippen LogP contribution in [0.5, 0.6) is 5.75 Å². The molecule has 0 bridgehead atoms. The van der Waals surface area contributed by atoms with Crippen LogP contribution in [0, 0.1) is 13.8 Å². The van der Waals surface area contributed by atoms with Crippen LogP contribution in [0.2, 0.25) is 0 Å². The van der Waals surface area contributed by atoms with Crippen molar-refractivity contribution in [2.45, 2.75) is 40.2 Å². The normalized spacial score (nSPS) is 13.6. The fourth-order valence-electron chi connectivity index (χ4n) is 1.80. The van der Waals surface area contributed by atoms with Crippen LogP contribution in [0.1, 0.15) is 31.6 Å². The van der Waals surface area contributed by atoms with E-state index in [2.05, 4.69) is 22.7 Å². The van der Waals surface area contributed by atoms with Crippen LogP contribution in [0.15, 0.2) is 34.9 Å². The number of methoxy groups -OCH3 is 1. The maximum Gasteiger partial charge on any atom is 0.290 e. The number of nitrogens with zero attached hydrogens (tertiary/aromatic N) is 1. The molecular weight excluding hydrogens is 362 g/mol. The number of aromatic nitrogens is 1. The minimum absolute atomic E-state index is 0.0648. The zero-order valence-electron chi connectivity index (χ0n) is 17.7. The van der Waals surface area contributed by atoms with Crippen molar-refractivity contribution in [2.75, 3.05) is 32.6 Å². The fraction of sp³-hybridized carbons (Fsp3) is 0.500. The van der Waals surface area contributed by atoms with Crippen LogP contribution in [0.3, 0.4) is 0 Å². The minimum Gasteiger partial charge on any atom is -0.497 e. The van der Waals surface area contributed by atoms with E-state index in [1.807, 2.05) is 51.1 Å². The summed E-state index contributed by atoms with van der Waals surface area (Å²) < 4.78 is 9.71. The molecule has 0 amide bonds. The standard InChI is InChI=1S/C8H10O.C5H8N2O.C4H9NO.C2H6.CH2O2/c1-7-3-5-8(9-2)6-4-7;1-4-3-5(6-2)7-8-4;6-4-1-2-5-3-4;1-2;2-1-3/h3-6H,1-2H3;3H,1-2H3,(H,6,7);4-6H,1-3H2;1-2H3;1H,(H,2,3). The van der Waals surface area contributed by atoms with E-state index < -0.39 is 0 Å². The molecule has 0 aliphatic carbocycles. The van der Waals surface area contributed by atoms with E-state index in [0.717, 1.165) is 36.8 Å². The van der Waals surface area contributed by atoms with Crippen LogP contribution in [-0.2, 0) is 4.79 Å². The molecule has 1 atom stereocenters. The van der Waals surface area contributed by atoms with Gasteiger partial charge < -0.3 is 30.1 Å². The number of rotatable bonds is 2. The van der Waals surface area contributed by atoms with Gasteiger partial charge in [-0.3, -0.25) is 4.79 Å². The van der Waals surface area contributed by atoms with Crippen molar-refractivity contribution < 1.29 is 24.3 Å². The number of carboxylic acid groups (broad SMARTS) is 1. The van der Waals surface area contributed by atoms with Gasteiger partial charge in [0.15, 0.2) is 5.82 Å². The van der Waals surface area contributed by atoms with Gasteiger partial charge in [-0.15, -0.1) is 0 Å². The van der Waals surface area contributed by atoms with Gasteiger partial charge in [-0.25, -0.2) is 0 Å². The summed E-state index contributed by atoms with van der Waals surface area (Å²) in [6, 6.07) is 9.79. The summed E-state index contributed by atoms with van der Waals surface area (Å²) in [7, 11) is 3.47. The highest BCUT2D eigenvalue weighted by Gasteiger charge is 2.08. The van der Waals surface area contributed by atoms with Crippen LogP contribution in [-0.4, -0.2) is 55.2 Å². The molecule has 1 saturated heterocycles. The molecular formula is C20H35N3O5. The molecule has 2 aromatic rings. The number of ether oxygens (including phenoxy) is 1. The van der Waals surface area contributed by atoms with Gasteiger partial charge in [0.05, 0.1) is 13.2 Å². The van der Waals surface area contributed by atoms with Crippen LogP contribution in [0.25, 0.3) is 0 Å². The van der Waals surface area contributed by atoms with E-state index in [9.17, 15) is 0 Å². The molecule has 1 aromatic carbocycles. The predicted octanol–water partition coefficient (Wildman–Crippen LogP) is 3.10. The number of carbonyl (C=O) groups is 1. The van der Waals surface area contributed by atoms with Gasteiger partial charge in [0.2, 0.25) is 0 Å². The molecule has 1 aromatic heterocycles. The summed E-state index contributed by atoms with van der Waals surface area (Å²) >= 11 is 0. The molecule has 2 heterocycles. The van der Waals surface area contributed by atoms with Crippen molar-refractivity contribution in [1.29, 1.82) is 0 Å². The Hall–Kier alpha value is -2.58. The fourth-order valence-corrected chi connectivity index (χ4v) is 1.80. The van der Waals surface area contributed by atoms with Gasteiger partial charge in [-0.2, -0.15) is 0 Å². The second-order valence-electron chi connectivity index (χ2n) is 5.34. The summed E-state index contributed by atoms with van der Waals surface area (Å²) in [5.74, 6) is 2.53. The van der Waals surface area contributed by atoms with E-state index in [-0.39, 0.29) is 12.6 Å². The molecule has 0 spiro atoms. The summed E-state index contributed by atoms with van der Waals surface area (Å²) in [4.78, 5) is 8.36. The van der Waals surface area contributed by atoms with E-state index in [0.29, 0.717) is 0 Å². The van der Waals surface area contributed by atoms with Crippen molar-refractivity contribution in [3.63, 3.8) is 0 Å². The van der Waals surface area contributed by atoms with E-state index in [1.54, 1.807) is 14.2 Å². The first kappa shape index (κ1) is 27.6. The van der Waals surface area contributed by atoms with Crippen molar-refractivity contribution in [3.05, 3.63) is 41.7 Å². The lowest BCUT2D eigenvalue weighted by molar-refractivity contribution is -0.122. The van der Waals surface area contributed by atoms with Crippen molar-refractivity contribution in [3.8, 4) is 5.75 Å². The highest BCUT2D eigenvalue weighted by molar-refractivity contribution is 5.32. The van der Waals surface area contributed by atoms with Crippen LogP contribution in [0.4, 0.5) is 5.82 Å². The molecule has 1 unspecified atom stereocenters. The smallest absolute Gasteiger partial charge is 0.290 e. The van der Waals surface area contributed by atoms with Crippen LogP contribution >= 0.6 is 0 Å². The lowest BCUT2D eigenvalue weighted by atomic mass is 10.2. The highest BCUT2D eigenvalue weighted by atomic mass is 16.5. The van der Waals surface area contributed by atoms with Gasteiger partial charge in [0.25, 0.3) is 6.47 Å². The second-order valence-corrected chi connectivity index (χ2v) is 5.34. The van der Waals surface area contributed by atoms with Gasteiger partial charge in [-0.05, 0) is 38.9 Å². The molecule has 28 heavy (non-hydrogen) atoms. The Bertz CT molecular complexity index is 582. The first-order chi connectivity index (χ1) is 13.5. The molecule has 1 fully saturated rings. The number of aliphatic hydroxyl groups excluding tert-OH is 1. The third-order valence-electron chi connectivity index (χ3n) is 3.18. The lowest BCUT2D eigenvalue weighted by Crippen LogP contribution is -2.11. The van der Waals surface area contributed by atoms with E-state index >= 15 is 0 Å². The maximum atomic E-state index is 8.67. The van der Waals surface area contributed by atoms with Crippen molar-refractivity contribution in [2.24, 2.45) is 0 Å². The van der Waals surface area contributed by atoms with E-state index in [1.165, 1.54) is 5.56 Å².